The Bertz CT molecular complexity index is 605. The predicted molar refractivity (Wildman–Crippen MR) is 73.7 cm³/mol. The van der Waals surface area contributed by atoms with Crippen LogP contribution in [0.5, 0.6) is 0 Å². The molecule has 4 heteroatoms. The first-order chi connectivity index (χ1) is 8.49. The highest BCUT2D eigenvalue weighted by Crippen LogP contribution is 2.27. The summed E-state index contributed by atoms with van der Waals surface area (Å²) in [5, 5.41) is 1.05. The van der Waals surface area contributed by atoms with Crippen LogP contribution in [0.4, 0.5) is 5.69 Å². The van der Waals surface area contributed by atoms with Crippen molar-refractivity contribution < 1.29 is 4.79 Å². The molecule has 0 radical (unpaired) electrons. The van der Waals surface area contributed by atoms with E-state index in [1.54, 1.807) is 0 Å². The van der Waals surface area contributed by atoms with Gasteiger partial charge in [0, 0.05) is 30.9 Å². The molecule has 2 rings (SSSR count). The lowest BCUT2D eigenvalue weighted by molar-refractivity contribution is -0.117. The number of amides is 1. The van der Waals surface area contributed by atoms with Gasteiger partial charge in [-0.2, -0.15) is 0 Å². The highest BCUT2D eigenvalue weighted by Gasteiger charge is 2.10. The second-order valence-electron chi connectivity index (χ2n) is 4.63. The Labute approximate surface area is 106 Å². The summed E-state index contributed by atoms with van der Waals surface area (Å²) in [6.07, 6.45) is 0.223. The van der Waals surface area contributed by atoms with Crippen molar-refractivity contribution >= 4 is 22.5 Å². The van der Waals surface area contributed by atoms with Gasteiger partial charge in [0.25, 0.3) is 0 Å². The molecule has 0 atom stereocenters. The first-order valence-electron chi connectivity index (χ1n) is 5.84. The van der Waals surface area contributed by atoms with Crippen molar-refractivity contribution in [2.24, 2.45) is 5.73 Å². The van der Waals surface area contributed by atoms with Crippen LogP contribution in [0.25, 0.3) is 10.9 Å². The molecule has 1 aromatic carbocycles. The molecule has 0 spiro atoms. The molecule has 18 heavy (non-hydrogen) atoms. The average Bonchev–Trinajstić information content (AvgIpc) is 2.28. The molecule has 0 saturated carbocycles. The second kappa shape index (κ2) is 4.64. The number of aromatic nitrogens is 1. The Morgan fingerprint density at radius 3 is 2.72 bits per heavy atom. The van der Waals surface area contributed by atoms with Crippen LogP contribution in [-0.2, 0) is 11.2 Å². The number of hydrogen-bond donors (Lipinski definition) is 1. The average molecular weight is 243 g/mol. The number of hydrogen-bond acceptors (Lipinski definition) is 3. The van der Waals surface area contributed by atoms with E-state index in [1.807, 2.05) is 50.2 Å². The zero-order valence-electron chi connectivity index (χ0n) is 10.9. The first-order valence-corrected chi connectivity index (χ1v) is 5.84. The molecule has 0 fully saturated rings. The van der Waals surface area contributed by atoms with Crippen molar-refractivity contribution in [3.05, 3.63) is 35.5 Å². The molecule has 0 aliphatic carbocycles. The number of fused-ring (bicyclic) bond motifs is 1. The maximum atomic E-state index is 11.1. The highest BCUT2D eigenvalue weighted by molar-refractivity contribution is 5.95. The molecule has 0 unspecified atom stereocenters. The molecule has 1 amide bonds. The number of aryl methyl sites for hydroxylation is 1. The Balaban J connectivity index is 2.73. The molecule has 2 aromatic rings. The maximum Gasteiger partial charge on any atom is 0.221 e. The summed E-state index contributed by atoms with van der Waals surface area (Å²) in [4.78, 5) is 17.7. The van der Waals surface area contributed by atoms with Crippen LogP contribution in [0.15, 0.2) is 24.3 Å². The van der Waals surface area contributed by atoms with Crippen molar-refractivity contribution in [3.8, 4) is 0 Å². The number of carbonyl (C=O) groups excluding carboxylic acids is 1. The van der Waals surface area contributed by atoms with Crippen molar-refractivity contribution in [2.45, 2.75) is 13.3 Å². The summed E-state index contributed by atoms with van der Waals surface area (Å²) in [7, 11) is 3.99. The van der Waals surface area contributed by atoms with E-state index in [2.05, 4.69) is 4.98 Å². The number of carbonyl (C=O) groups is 1. The summed E-state index contributed by atoms with van der Waals surface area (Å²) < 4.78 is 0. The second-order valence-corrected chi connectivity index (χ2v) is 4.63. The lowest BCUT2D eigenvalue weighted by Crippen LogP contribution is -2.15. The number of rotatable bonds is 3. The van der Waals surface area contributed by atoms with Gasteiger partial charge in [-0.25, -0.2) is 0 Å². The summed E-state index contributed by atoms with van der Waals surface area (Å²) in [6.45, 7) is 1.95. The quantitative estimate of drug-likeness (QED) is 0.891. The minimum atomic E-state index is -0.336. The molecule has 0 saturated heterocycles. The SMILES string of the molecule is Cc1cc(N(C)C)c2cccc(CC(N)=O)c2n1. The van der Waals surface area contributed by atoms with E-state index in [-0.39, 0.29) is 12.3 Å². The van der Waals surface area contributed by atoms with Gasteiger partial charge < -0.3 is 10.6 Å². The smallest absolute Gasteiger partial charge is 0.221 e. The number of primary amides is 1. The first kappa shape index (κ1) is 12.4. The van der Waals surface area contributed by atoms with E-state index in [1.165, 1.54) is 0 Å². The van der Waals surface area contributed by atoms with Crippen LogP contribution >= 0.6 is 0 Å². The Morgan fingerprint density at radius 2 is 2.11 bits per heavy atom. The van der Waals surface area contributed by atoms with Gasteiger partial charge in [0.15, 0.2) is 0 Å². The summed E-state index contributed by atoms with van der Waals surface area (Å²) >= 11 is 0. The molecule has 2 N–H and O–H groups in total. The monoisotopic (exact) mass is 243 g/mol. The van der Waals surface area contributed by atoms with Gasteiger partial charge in [-0.05, 0) is 18.6 Å². The van der Waals surface area contributed by atoms with E-state index in [0.717, 1.165) is 27.8 Å². The van der Waals surface area contributed by atoms with E-state index in [0.29, 0.717) is 0 Å². The third kappa shape index (κ3) is 2.27. The number of nitrogens with two attached hydrogens (primary N) is 1. The standard InChI is InChI=1S/C14H17N3O/c1-9-7-12(17(2)3)11-6-4-5-10(8-13(15)18)14(11)16-9/h4-7H,8H2,1-3H3,(H2,15,18). The molecule has 1 heterocycles. The van der Waals surface area contributed by atoms with Crippen molar-refractivity contribution in [2.75, 3.05) is 19.0 Å². The van der Waals surface area contributed by atoms with Gasteiger partial charge in [0.2, 0.25) is 5.91 Å². The number of para-hydroxylation sites is 1. The zero-order valence-corrected chi connectivity index (χ0v) is 10.9. The van der Waals surface area contributed by atoms with Gasteiger partial charge in [-0.15, -0.1) is 0 Å². The highest BCUT2D eigenvalue weighted by atomic mass is 16.1. The Hall–Kier alpha value is -2.10. The third-order valence-corrected chi connectivity index (χ3v) is 2.88. The fraction of sp³-hybridized carbons (Fsp3) is 0.286. The Morgan fingerprint density at radius 1 is 1.39 bits per heavy atom. The van der Waals surface area contributed by atoms with Gasteiger partial charge >= 0.3 is 0 Å². The lowest BCUT2D eigenvalue weighted by Gasteiger charge is -2.17. The van der Waals surface area contributed by atoms with Crippen molar-refractivity contribution in [1.82, 2.24) is 4.98 Å². The molecule has 0 aliphatic heterocycles. The van der Waals surface area contributed by atoms with Crippen LogP contribution in [0.1, 0.15) is 11.3 Å². The van der Waals surface area contributed by atoms with E-state index in [9.17, 15) is 4.79 Å². The normalized spacial score (nSPS) is 10.6. The van der Waals surface area contributed by atoms with E-state index in [4.69, 9.17) is 5.73 Å². The minimum absolute atomic E-state index is 0.223. The van der Waals surface area contributed by atoms with Crippen LogP contribution in [0, 0.1) is 6.92 Å². The molecular weight excluding hydrogens is 226 g/mol. The number of anilines is 1. The van der Waals surface area contributed by atoms with Gasteiger partial charge in [-0.1, -0.05) is 18.2 Å². The third-order valence-electron chi connectivity index (χ3n) is 2.88. The van der Waals surface area contributed by atoms with E-state index >= 15 is 0 Å². The Kier molecular flexibility index (Phi) is 3.19. The van der Waals surface area contributed by atoms with Crippen LogP contribution in [0.3, 0.4) is 0 Å². The topological polar surface area (TPSA) is 59.2 Å². The summed E-state index contributed by atoms with van der Waals surface area (Å²) in [5.41, 5.74) is 9.05. The predicted octanol–water partition coefficient (Wildman–Crippen LogP) is 1.64. The van der Waals surface area contributed by atoms with Crippen molar-refractivity contribution in [1.29, 1.82) is 0 Å². The molecule has 0 bridgehead atoms. The molecule has 94 valence electrons. The van der Waals surface area contributed by atoms with Crippen LogP contribution < -0.4 is 10.6 Å². The van der Waals surface area contributed by atoms with Gasteiger partial charge in [0.1, 0.15) is 0 Å². The fourth-order valence-electron chi connectivity index (χ4n) is 2.11. The van der Waals surface area contributed by atoms with Gasteiger partial charge in [0.05, 0.1) is 11.9 Å². The largest absolute Gasteiger partial charge is 0.377 e. The van der Waals surface area contributed by atoms with Gasteiger partial charge in [-0.3, -0.25) is 9.78 Å². The van der Waals surface area contributed by atoms with Crippen LogP contribution in [-0.4, -0.2) is 25.0 Å². The molecular formula is C14H17N3O. The lowest BCUT2D eigenvalue weighted by atomic mass is 10.0. The van der Waals surface area contributed by atoms with Crippen molar-refractivity contribution in [3.63, 3.8) is 0 Å². The maximum absolute atomic E-state index is 11.1. The summed E-state index contributed by atoms with van der Waals surface area (Å²) in [5.74, 6) is -0.336. The summed E-state index contributed by atoms with van der Waals surface area (Å²) in [6, 6.07) is 7.89. The molecule has 1 aromatic heterocycles. The van der Waals surface area contributed by atoms with Crippen LogP contribution in [0.2, 0.25) is 0 Å². The van der Waals surface area contributed by atoms with E-state index < -0.39 is 0 Å². The molecule has 4 nitrogen and oxygen atoms in total. The fourth-order valence-corrected chi connectivity index (χ4v) is 2.11. The number of benzene rings is 1. The number of nitrogens with zero attached hydrogens (tertiary/aromatic N) is 2. The number of pyridine rings is 1. The molecule has 0 aliphatic rings. The zero-order chi connectivity index (χ0) is 13.3. The minimum Gasteiger partial charge on any atom is -0.377 e.